The number of benzene rings is 1. The van der Waals surface area contributed by atoms with Crippen LogP contribution in [0.3, 0.4) is 0 Å². The number of carbonyl (C=O) groups excluding carboxylic acids is 2. The zero-order valence-corrected chi connectivity index (χ0v) is 35.6. The molecule has 0 aromatic heterocycles. The summed E-state index contributed by atoms with van der Waals surface area (Å²) in [4.78, 5) is 35.3. The Bertz CT molecular complexity index is 1720. The second-order valence-electron chi connectivity index (χ2n) is 15.1. The number of aliphatic imine (C=N–C) groups is 1. The standard InChI is InChI=1S/C31H44FN5O3.C14H21F3/c1-9-20(4)28(29-25(32)15-24(22(6)38)16-26(29)40-8)30-31(33)34-12-14-37(30)21(5)23-11-10-13-36(17-23)27(39)18-35(7)19(2)3;1-4-6-7-8-10-13(14(15,16)17)11-12(3)9-5-2/h12,14-16,19-20,23H,5,9-11,13,17-18H2,1-4,6-8H3,(H2,33,34);8,10-11H,3-7,9H2,1-2H3/b30-28+;10-8-,13-11+. The number of hydrogen-bond acceptors (Lipinski definition) is 7. The first-order valence-electron chi connectivity index (χ1n) is 20.0. The zero-order chi connectivity index (χ0) is 43.0. The highest BCUT2D eigenvalue weighted by Crippen LogP contribution is 2.41. The van der Waals surface area contributed by atoms with Gasteiger partial charge in [-0.1, -0.05) is 77.8 Å². The number of likely N-dealkylation sites (N-methyl/N-ethyl adjacent to an activating group) is 1. The summed E-state index contributed by atoms with van der Waals surface area (Å²) in [5, 5.41) is 0. The van der Waals surface area contributed by atoms with E-state index in [0.717, 1.165) is 50.0 Å². The van der Waals surface area contributed by atoms with E-state index >= 15 is 4.39 Å². The number of nitrogens with two attached hydrogens (primary N) is 1. The van der Waals surface area contributed by atoms with E-state index in [-0.39, 0.29) is 52.3 Å². The summed E-state index contributed by atoms with van der Waals surface area (Å²) in [6.07, 6.45) is 9.40. The number of alkyl halides is 3. The highest BCUT2D eigenvalue weighted by molar-refractivity contribution is 6.06. The van der Waals surface area contributed by atoms with Crippen molar-refractivity contribution < 1.29 is 31.9 Å². The normalized spacial score (nSPS) is 17.7. The summed E-state index contributed by atoms with van der Waals surface area (Å²) >= 11 is 0. The van der Waals surface area contributed by atoms with E-state index in [1.165, 1.54) is 20.1 Å². The van der Waals surface area contributed by atoms with Gasteiger partial charge >= 0.3 is 6.18 Å². The molecule has 12 heteroatoms. The largest absolute Gasteiger partial charge is 0.496 e. The molecule has 1 saturated heterocycles. The van der Waals surface area contributed by atoms with Crippen LogP contribution in [0.4, 0.5) is 17.6 Å². The van der Waals surface area contributed by atoms with Gasteiger partial charge in [0.05, 0.1) is 30.5 Å². The predicted molar refractivity (Wildman–Crippen MR) is 225 cm³/mol. The van der Waals surface area contributed by atoms with Gasteiger partial charge < -0.3 is 20.3 Å². The molecule has 2 N–H and O–H groups in total. The maximum atomic E-state index is 15.8. The third-order valence-corrected chi connectivity index (χ3v) is 10.3. The molecule has 2 unspecified atom stereocenters. The Labute approximate surface area is 338 Å². The lowest BCUT2D eigenvalue weighted by molar-refractivity contribution is -0.134. The van der Waals surface area contributed by atoms with E-state index in [4.69, 9.17) is 10.5 Å². The zero-order valence-electron chi connectivity index (χ0n) is 35.6. The van der Waals surface area contributed by atoms with Gasteiger partial charge in [0.1, 0.15) is 17.4 Å². The Balaban J connectivity index is 0.000000555. The number of likely N-dealkylation sites (tertiary alicyclic amines) is 1. The monoisotopic (exact) mass is 800 g/mol. The Hall–Kier alpha value is -4.45. The van der Waals surface area contributed by atoms with Gasteiger partial charge in [0.25, 0.3) is 0 Å². The smallest absolute Gasteiger partial charge is 0.416 e. The van der Waals surface area contributed by atoms with Gasteiger partial charge in [0, 0.05) is 48.7 Å². The minimum Gasteiger partial charge on any atom is -0.496 e. The summed E-state index contributed by atoms with van der Waals surface area (Å²) in [5.41, 5.74) is 8.85. The molecular formula is C45H65F4N5O3. The van der Waals surface area contributed by atoms with Crippen LogP contribution in [0.2, 0.25) is 0 Å². The lowest BCUT2D eigenvalue weighted by Gasteiger charge is -2.39. The minimum absolute atomic E-state index is 0.0161. The number of amidine groups is 1. The van der Waals surface area contributed by atoms with Gasteiger partial charge in [-0.2, -0.15) is 13.2 Å². The van der Waals surface area contributed by atoms with Crippen molar-refractivity contribution in [2.45, 2.75) is 112 Å². The molecular weight excluding hydrogens is 735 g/mol. The molecule has 1 aromatic rings. The van der Waals surface area contributed by atoms with Gasteiger partial charge in [0.15, 0.2) is 5.78 Å². The average molecular weight is 800 g/mol. The van der Waals surface area contributed by atoms with Gasteiger partial charge in [-0.25, -0.2) is 9.38 Å². The van der Waals surface area contributed by atoms with E-state index in [9.17, 15) is 22.8 Å². The number of rotatable bonds is 17. The average Bonchev–Trinajstić information content (AvgIpc) is 3.16. The topological polar surface area (TPSA) is 91.5 Å². The summed E-state index contributed by atoms with van der Waals surface area (Å²) in [5.74, 6) is -0.385. The van der Waals surface area contributed by atoms with Crippen molar-refractivity contribution in [1.29, 1.82) is 0 Å². The molecule has 2 atom stereocenters. The molecule has 2 aliphatic heterocycles. The summed E-state index contributed by atoms with van der Waals surface area (Å²) in [7, 11) is 3.41. The molecule has 2 aliphatic rings. The van der Waals surface area contributed by atoms with Crippen molar-refractivity contribution in [2.24, 2.45) is 22.6 Å². The van der Waals surface area contributed by atoms with Crippen LogP contribution >= 0.6 is 0 Å². The van der Waals surface area contributed by atoms with Crippen molar-refractivity contribution in [3.63, 3.8) is 0 Å². The SMILES string of the molecule is C=C(/C=C(\C=C/CCCC)C(F)(F)F)CCC.C=C(C1CCCN(C(=O)CN(C)C(C)C)C1)N1C=CN=C(N)/C1=C(\c1c(F)cc(C(C)=O)cc1OC)C(C)CC. The molecule has 0 saturated carbocycles. The molecule has 316 valence electrons. The number of hydrogen-bond donors (Lipinski definition) is 1. The second-order valence-corrected chi connectivity index (χ2v) is 15.1. The van der Waals surface area contributed by atoms with Crippen LogP contribution < -0.4 is 10.5 Å². The van der Waals surface area contributed by atoms with Crippen molar-refractivity contribution in [1.82, 2.24) is 14.7 Å². The number of piperidine rings is 1. The lowest BCUT2D eigenvalue weighted by Crippen LogP contribution is -2.47. The van der Waals surface area contributed by atoms with Gasteiger partial charge in [0.2, 0.25) is 5.91 Å². The maximum Gasteiger partial charge on any atom is 0.416 e. The molecule has 8 nitrogen and oxygen atoms in total. The molecule has 0 aliphatic carbocycles. The first-order valence-corrected chi connectivity index (χ1v) is 20.0. The molecule has 1 aromatic carbocycles. The number of Topliss-reactive ketones (excluding diaryl/α,β-unsaturated/α-hetero) is 1. The van der Waals surface area contributed by atoms with Gasteiger partial charge in [-0.3, -0.25) is 14.5 Å². The fourth-order valence-corrected chi connectivity index (χ4v) is 6.49. The van der Waals surface area contributed by atoms with Crippen molar-refractivity contribution in [3.05, 3.63) is 95.4 Å². The Morgan fingerprint density at radius 3 is 2.39 bits per heavy atom. The number of halogens is 4. The van der Waals surface area contributed by atoms with Crippen LogP contribution in [0.15, 0.2) is 83.5 Å². The molecule has 1 amide bonds. The fourth-order valence-electron chi connectivity index (χ4n) is 6.49. The molecule has 3 rings (SSSR count). The van der Waals surface area contributed by atoms with Crippen LogP contribution in [0.5, 0.6) is 5.75 Å². The highest BCUT2D eigenvalue weighted by Gasteiger charge is 2.34. The number of carbonyl (C=O) groups is 2. The molecule has 0 bridgehead atoms. The van der Waals surface area contributed by atoms with E-state index in [1.807, 2.05) is 49.4 Å². The molecule has 0 radical (unpaired) electrons. The number of ether oxygens (including phenoxy) is 1. The Morgan fingerprint density at radius 1 is 1.14 bits per heavy atom. The minimum atomic E-state index is -4.29. The number of nitrogens with zero attached hydrogens (tertiary/aromatic N) is 4. The number of ketones is 1. The van der Waals surface area contributed by atoms with Crippen LogP contribution in [0.1, 0.15) is 116 Å². The number of unbranched alkanes of at least 4 members (excludes halogenated alkanes) is 2. The van der Waals surface area contributed by atoms with E-state index in [0.29, 0.717) is 55.7 Å². The first-order chi connectivity index (χ1) is 26.8. The Kier molecular flexibility index (Phi) is 19.7. The van der Waals surface area contributed by atoms with Crippen LogP contribution in [-0.4, -0.2) is 78.2 Å². The van der Waals surface area contributed by atoms with E-state index in [2.05, 4.69) is 32.0 Å². The second kappa shape index (κ2) is 23.1. The first kappa shape index (κ1) is 48.7. The van der Waals surface area contributed by atoms with Crippen LogP contribution in [0, 0.1) is 17.7 Å². The van der Waals surface area contributed by atoms with Crippen molar-refractivity contribution in [2.75, 3.05) is 33.8 Å². The maximum absolute atomic E-state index is 15.8. The summed E-state index contributed by atoms with van der Waals surface area (Å²) < 4.78 is 59.4. The van der Waals surface area contributed by atoms with Gasteiger partial charge in [-0.05, 0) is 89.6 Å². The van der Waals surface area contributed by atoms with Crippen LogP contribution in [0.25, 0.3) is 5.57 Å². The van der Waals surface area contributed by atoms with Crippen molar-refractivity contribution in [3.8, 4) is 5.75 Å². The highest BCUT2D eigenvalue weighted by atomic mass is 19.4. The number of allylic oxidation sites excluding steroid dienone is 6. The lowest BCUT2D eigenvalue weighted by atomic mass is 9.86. The molecule has 57 heavy (non-hydrogen) atoms. The third kappa shape index (κ3) is 14.2. The van der Waals surface area contributed by atoms with E-state index < -0.39 is 17.6 Å². The molecule has 0 spiro atoms. The molecule has 2 heterocycles. The summed E-state index contributed by atoms with van der Waals surface area (Å²) in [6, 6.07) is 3.08. The number of amides is 1. The quantitative estimate of drug-likeness (QED) is 0.0730. The molecule has 1 fully saturated rings. The third-order valence-electron chi connectivity index (χ3n) is 10.3. The Morgan fingerprint density at radius 2 is 1.82 bits per heavy atom. The van der Waals surface area contributed by atoms with Crippen molar-refractivity contribution >= 4 is 23.1 Å². The van der Waals surface area contributed by atoms with E-state index in [1.54, 1.807) is 24.5 Å². The number of methoxy groups -OCH3 is 1. The fraction of sp³-hybridized carbons (Fsp3) is 0.533. The van der Waals surface area contributed by atoms with Gasteiger partial charge in [-0.15, -0.1) is 0 Å². The predicted octanol–water partition coefficient (Wildman–Crippen LogP) is 10.6. The van der Waals surface area contributed by atoms with Crippen LogP contribution in [-0.2, 0) is 4.79 Å². The summed E-state index contributed by atoms with van der Waals surface area (Å²) in [6.45, 7) is 23.2.